The lowest BCUT2D eigenvalue weighted by Gasteiger charge is -2.12. The van der Waals surface area contributed by atoms with Gasteiger partial charge in [0, 0.05) is 25.4 Å². The number of anilines is 1. The van der Waals surface area contributed by atoms with Crippen molar-refractivity contribution in [3.8, 4) is 0 Å². The Morgan fingerprint density at radius 2 is 1.83 bits per heavy atom. The van der Waals surface area contributed by atoms with Gasteiger partial charge in [0.05, 0.1) is 5.69 Å². The van der Waals surface area contributed by atoms with Crippen LogP contribution in [0.1, 0.15) is 63.3 Å². The van der Waals surface area contributed by atoms with Gasteiger partial charge in [0.1, 0.15) is 0 Å². The second-order valence-corrected chi connectivity index (χ2v) is 7.50. The molecule has 2 aromatic rings. The van der Waals surface area contributed by atoms with Gasteiger partial charge >= 0.3 is 0 Å². The van der Waals surface area contributed by atoms with E-state index in [4.69, 9.17) is 4.98 Å². The fraction of sp³-hybridized carbons (Fsp3) is 0.385. The molecule has 2 rings (SSSR count). The van der Waals surface area contributed by atoms with E-state index in [0.717, 1.165) is 30.7 Å². The molecule has 160 valence electrons. The Morgan fingerprint density at radius 3 is 2.50 bits per heavy atom. The van der Waals surface area contributed by atoms with Gasteiger partial charge in [-0.3, -0.25) is 0 Å². The number of nitrogens with one attached hydrogen (secondary N) is 2. The van der Waals surface area contributed by atoms with Crippen LogP contribution in [0.5, 0.6) is 0 Å². The summed E-state index contributed by atoms with van der Waals surface area (Å²) < 4.78 is 0. The van der Waals surface area contributed by atoms with Crippen molar-refractivity contribution in [3.05, 3.63) is 77.3 Å². The summed E-state index contributed by atoms with van der Waals surface area (Å²) in [6, 6.07) is 10.7. The smallest absolute Gasteiger partial charge is 0.223 e. The molecule has 0 fully saturated rings. The zero-order chi connectivity index (χ0) is 21.8. The average Bonchev–Trinajstić information content (AvgIpc) is 2.77. The zero-order valence-corrected chi connectivity index (χ0v) is 19.1. The topological polar surface area (TPSA) is 49.8 Å². The van der Waals surface area contributed by atoms with Crippen molar-refractivity contribution >= 4 is 17.1 Å². The number of benzene rings is 1. The quantitative estimate of drug-likeness (QED) is 0.337. The average molecular weight is 405 g/mol. The van der Waals surface area contributed by atoms with E-state index in [1.54, 1.807) is 0 Å². The summed E-state index contributed by atoms with van der Waals surface area (Å²) in [4.78, 5) is 9.26. The van der Waals surface area contributed by atoms with Crippen LogP contribution in [-0.2, 0) is 0 Å². The molecule has 0 atom stereocenters. The minimum absolute atomic E-state index is 0.690. The van der Waals surface area contributed by atoms with E-state index in [-0.39, 0.29) is 0 Å². The molecule has 30 heavy (non-hydrogen) atoms. The number of hydrogen-bond donors (Lipinski definition) is 2. The first-order valence-corrected chi connectivity index (χ1v) is 11.0. The number of unbranched alkanes of at least 4 members (excludes halogenated alkanes) is 2. The van der Waals surface area contributed by atoms with Crippen molar-refractivity contribution in [3.63, 3.8) is 0 Å². The summed E-state index contributed by atoms with van der Waals surface area (Å²) in [5.41, 5.74) is 6.96. The third kappa shape index (κ3) is 7.18. The summed E-state index contributed by atoms with van der Waals surface area (Å²) in [5, 5.41) is 6.46. The van der Waals surface area contributed by atoms with Crippen LogP contribution in [0, 0.1) is 6.92 Å². The van der Waals surface area contributed by atoms with Crippen molar-refractivity contribution < 1.29 is 0 Å². The largest absolute Gasteiger partial charge is 0.394 e. The number of nitrogens with zero attached hydrogens (tertiary/aromatic N) is 2. The second kappa shape index (κ2) is 12.6. The van der Waals surface area contributed by atoms with Gasteiger partial charge in [-0.2, -0.15) is 0 Å². The minimum atomic E-state index is 0.690. The van der Waals surface area contributed by atoms with E-state index in [1.165, 1.54) is 35.1 Å². The highest BCUT2D eigenvalue weighted by atomic mass is 15.1. The van der Waals surface area contributed by atoms with Crippen LogP contribution in [0.4, 0.5) is 5.95 Å². The monoisotopic (exact) mass is 404 g/mol. The maximum absolute atomic E-state index is 4.84. The Hall–Kier alpha value is -2.88. The number of hydrogen-bond acceptors (Lipinski definition) is 4. The molecular weight excluding hydrogens is 368 g/mol. The summed E-state index contributed by atoms with van der Waals surface area (Å²) in [6.07, 6.45) is 12.7. The molecule has 1 heterocycles. The molecule has 4 heteroatoms. The SMILES string of the molecule is CCCCCNc1nccc(C(/C=C(\C=C/NC)CC)=C(/C)c2ccc(C)cc2)n1. The van der Waals surface area contributed by atoms with Crippen molar-refractivity contribution in [2.75, 3.05) is 18.9 Å². The Bertz CT molecular complexity index is 876. The van der Waals surface area contributed by atoms with Crippen molar-refractivity contribution in [1.82, 2.24) is 15.3 Å². The van der Waals surface area contributed by atoms with E-state index >= 15 is 0 Å². The molecule has 0 unspecified atom stereocenters. The lowest BCUT2D eigenvalue weighted by Crippen LogP contribution is -2.06. The van der Waals surface area contributed by atoms with Crippen molar-refractivity contribution in [1.29, 1.82) is 0 Å². The normalized spacial score (nSPS) is 12.8. The molecular formula is C26H36N4. The summed E-state index contributed by atoms with van der Waals surface area (Å²) in [7, 11) is 1.92. The number of rotatable bonds is 11. The van der Waals surface area contributed by atoms with Crippen LogP contribution >= 0.6 is 0 Å². The van der Waals surface area contributed by atoms with Gasteiger partial charge in [-0.15, -0.1) is 0 Å². The molecule has 0 aliphatic rings. The van der Waals surface area contributed by atoms with Crippen LogP contribution in [0.15, 0.2) is 60.5 Å². The fourth-order valence-corrected chi connectivity index (χ4v) is 3.15. The Kier molecular flexibility index (Phi) is 9.85. The van der Waals surface area contributed by atoms with Crippen molar-refractivity contribution in [2.24, 2.45) is 0 Å². The van der Waals surface area contributed by atoms with Gasteiger partial charge in [0.15, 0.2) is 0 Å². The van der Waals surface area contributed by atoms with Crippen LogP contribution < -0.4 is 10.6 Å². The molecule has 0 saturated carbocycles. The molecule has 0 bridgehead atoms. The highest BCUT2D eigenvalue weighted by molar-refractivity contribution is 5.94. The van der Waals surface area contributed by atoms with Gasteiger partial charge in [0.2, 0.25) is 5.95 Å². The molecule has 0 radical (unpaired) electrons. The molecule has 0 aliphatic heterocycles. The standard InChI is InChI=1S/C26H36N4/c1-6-8-9-16-28-26-29-18-15-25(30-26)24(19-22(7-2)14-17-27-5)21(4)23-12-10-20(3)11-13-23/h10-15,17-19,27H,6-9,16H2,1-5H3,(H,28,29,30)/b17-14-,22-19-,24-21-. The first-order chi connectivity index (χ1) is 14.6. The third-order valence-corrected chi connectivity index (χ3v) is 5.09. The summed E-state index contributed by atoms with van der Waals surface area (Å²) in [5.74, 6) is 0.690. The maximum Gasteiger partial charge on any atom is 0.223 e. The molecule has 1 aromatic heterocycles. The number of allylic oxidation sites excluding steroid dienone is 5. The fourth-order valence-electron chi connectivity index (χ4n) is 3.15. The highest BCUT2D eigenvalue weighted by Gasteiger charge is 2.10. The van der Waals surface area contributed by atoms with Crippen LogP contribution in [-0.4, -0.2) is 23.6 Å². The first-order valence-electron chi connectivity index (χ1n) is 11.0. The molecule has 0 amide bonds. The Morgan fingerprint density at radius 1 is 1.07 bits per heavy atom. The molecule has 4 nitrogen and oxygen atoms in total. The van der Waals surface area contributed by atoms with E-state index in [0.29, 0.717) is 5.95 Å². The lowest BCUT2D eigenvalue weighted by molar-refractivity contribution is 0.740. The lowest BCUT2D eigenvalue weighted by atomic mass is 9.96. The molecule has 0 spiro atoms. The summed E-state index contributed by atoms with van der Waals surface area (Å²) in [6.45, 7) is 9.56. The molecule has 0 saturated heterocycles. The van der Waals surface area contributed by atoms with Gasteiger partial charge in [-0.1, -0.05) is 56.5 Å². The Balaban J connectivity index is 2.48. The van der Waals surface area contributed by atoms with E-state index in [2.05, 4.69) is 79.7 Å². The van der Waals surface area contributed by atoms with Gasteiger partial charge < -0.3 is 10.6 Å². The Labute approximate surface area is 182 Å². The van der Waals surface area contributed by atoms with E-state index < -0.39 is 0 Å². The van der Waals surface area contributed by atoms with Crippen molar-refractivity contribution in [2.45, 2.75) is 53.4 Å². The predicted molar refractivity (Wildman–Crippen MR) is 130 cm³/mol. The van der Waals surface area contributed by atoms with Crippen LogP contribution in [0.3, 0.4) is 0 Å². The maximum atomic E-state index is 4.84. The second-order valence-electron chi connectivity index (χ2n) is 7.50. The van der Waals surface area contributed by atoms with E-state index in [1.807, 2.05) is 25.5 Å². The number of aromatic nitrogens is 2. The van der Waals surface area contributed by atoms with Gasteiger partial charge in [-0.05, 0) is 67.8 Å². The van der Waals surface area contributed by atoms with Crippen LogP contribution in [0.25, 0.3) is 11.1 Å². The number of aryl methyl sites for hydroxylation is 1. The van der Waals surface area contributed by atoms with Gasteiger partial charge in [0.25, 0.3) is 0 Å². The minimum Gasteiger partial charge on any atom is -0.394 e. The zero-order valence-electron chi connectivity index (χ0n) is 19.1. The highest BCUT2D eigenvalue weighted by Crippen LogP contribution is 2.28. The predicted octanol–water partition coefficient (Wildman–Crippen LogP) is 6.39. The molecule has 2 N–H and O–H groups in total. The van der Waals surface area contributed by atoms with Gasteiger partial charge in [-0.25, -0.2) is 9.97 Å². The molecule has 0 aliphatic carbocycles. The first kappa shape index (κ1) is 23.4. The third-order valence-electron chi connectivity index (χ3n) is 5.09. The van der Waals surface area contributed by atoms with Crippen LogP contribution in [0.2, 0.25) is 0 Å². The summed E-state index contributed by atoms with van der Waals surface area (Å²) >= 11 is 0. The molecule has 1 aromatic carbocycles. The van der Waals surface area contributed by atoms with E-state index in [9.17, 15) is 0 Å².